The summed E-state index contributed by atoms with van der Waals surface area (Å²) in [5.41, 5.74) is 2.02. The Morgan fingerprint density at radius 3 is 2.68 bits per heavy atom. The molecule has 19 heavy (non-hydrogen) atoms. The van der Waals surface area contributed by atoms with Crippen LogP contribution in [0.15, 0.2) is 18.2 Å². The SMILES string of the molecule is CCCCCN(C)CC(O)c1cc(C)ccc1OC. The molecule has 0 aliphatic rings. The maximum Gasteiger partial charge on any atom is 0.124 e. The van der Waals surface area contributed by atoms with Crippen LogP contribution in [0.4, 0.5) is 0 Å². The molecular formula is C16H27NO2. The van der Waals surface area contributed by atoms with E-state index in [1.807, 2.05) is 25.1 Å². The fourth-order valence-electron chi connectivity index (χ4n) is 2.23. The quantitative estimate of drug-likeness (QED) is 0.733. The molecule has 3 nitrogen and oxygen atoms in total. The van der Waals surface area contributed by atoms with Crippen LogP contribution in [0.25, 0.3) is 0 Å². The lowest BCUT2D eigenvalue weighted by atomic mass is 10.0. The molecule has 108 valence electrons. The Bertz CT molecular complexity index is 379. The summed E-state index contributed by atoms with van der Waals surface area (Å²) in [6.45, 7) is 5.90. The Hall–Kier alpha value is -1.06. The number of aliphatic hydroxyl groups is 1. The zero-order valence-electron chi connectivity index (χ0n) is 12.6. The predicted octanol–water partition coefficient (Wildman–Crippen LogP) is 3.16. The first-order valence-corrected chi connectivity index (χ1v) is 7.09. The van der Waals surface area contributed by atoms with Crippen LogP contribution in [-0.2, 0) is 0 Å². The van der Waals surface area contributed by atoms with E-state index in [2.05, 4.69) is 18.9 Å². The summed E-state index contributed by atoms with van der Waals surface area (Å²) in [4.78, 5) is 2.18. The minimum Gasteiger partial charge on any atom is -0.496 e. The first-order valence-electron chi connectivity index (χ1n) is 7.09. The average Bonchev–Trinajstić information content (AvgIpc) is 2.39. The van der Waals surface area contributed by atoms with Gasteiger partial charge in [-0.25, -0.2) is 0 Å². The molecule has 0 bridgehead atoms. The number of benzene rings is 1. The predicted molar refractivity (Wildman–Crippen MR) is 79.7 cm³/mol. The number of rotatable bonds is 8. The summed E-state index contributed by atoms with van der Waals surface area (Å²) < 4.78 is 5.32. The van der Waals surface area contributed by atoms with Gasteiger partial charge in [-0.3, -0.25) is 0 Å². The first-order chi connectivity index (χ1) is 9.08. The summed E-state index contributed by atoms with van der Waals surface area (Å²) in [5, 5.41) is 10.4. The van der Waals surface area contributed by atoms with E-state index in [1.165, 1.54) is 19.3 Å². The highest BCUT2D eigenvalue weighted by Gasteiger charge is 2.15. The Morgan fingerprint density at radius 2 is 2.05 bits per heavy atom. The maximum absolute atomic E-state index is 10.4. The van der Waals surface area contributed by atoms with Gasteiger partial charge in [0.1, 0.15) is 5.75 Å². The number of nitrogens with zero attached hydrogens (tertiary/aromatic N) is 1. The highest BCUT2D eigenvalue weighted by atomic mass is 16.5. The number of hydrogen-bond donors (Lipinski definition) is 1. The molecule has 0 spiro atoms. The normalized spacial score (nSPS) is 12.7. The van der Waals surface area contributed by atoms with Crippen molar-refractivity contribution in [2.75, 3.05) is 27.2 Å². The first kappa shape index (κ1) is 16.0. The molecule has 1 aromatic rings. The number of aliphatic hydroxyl groups excluding tert-OH is 1. The summed E-state index contributed by atoms with van der Waals surface area (Å²) >= 11 is 0. The molecule has 0 amide bonds. The topological polar surface area (TPSA) is 32.7 Å². The summed E-state index contributed by atoms with van der Waals surface area (Å²) in [5.74, 6) is 0.764. The highest BCUT2D eigenvalue weighted by molar-refractivity contribution is 5.38. The van der Waals surface area contributed by atoms with E-state index < -0.39 is 6.10 Å². The fraction of sp³-hybridized carbons (Fsp3) is 0.625. The largest absolute Gasteiger partial charge is 0.496 e. The van der Waals surface area contributed by atoms with Crippen LogP contribution in [0.2, 0.25) is 0 Å². The van der Waals surface area contributed by atoms with Crippen LogP contribution in [-0.4, -0.2) is 37.3 Å². The lowest BCUT2D eigenvalue weighted by Crippen LogP contribution is -2.26. The molecule has 0 fully saturated rings. The third kappa shape index (κ3) is 5.21. The van der Waals surface area contributed by atoms with Gasteiger partial charge in [0.15, 0.2) is 0 Å². The van der Waals surface area contributed by atoms with Crippen LogP contribution < -0.4 is 4.74 Å². The zero-order chi connectivity index (χ0) is 14.3. The minimum atomic E-state index is -0.499. The van der Waals surface area contributed by atoms with Crippen molar-refractivity contribution in [1.29, 1.82) is 0 Å². The standard InChI is InChI=1S/C16H27NO2/c1-5-6-7-10-17(3)12-15(18)14-11-13(2)8-9-16(14)19-4/h8-9,11,15,18H,5-7,10,12H2,1-4H3. The molecule has 1 atom stereocenters. The van der Waals surface area contributed by atoms with Crippen molar-refractivity contribution >= 4 is 0 Å². The van der Waals surface area contributed by atoms with Crippen molar-refractivity contribution in [1.82, 2.24) is 4.90 Å². The van der Waals surface area contributed by atoms with Crippen LogP contribution in [0.1, 0.15) is 43.4 Å². The van der Waals surface area contributed by atoms with Gasteiger partial charge in [0, 0.05) is 12.1 Å². The molecule has 1 unspecified atom stereocenters. The highest BCUT2D eigenvalue weighted by Crippen LogP contribution is 2.26. The molecule has 1 N–H and O–H groups in total. The summed E-state index contributed by atoms with van der Waals surface area (Å²) in [6, 6.07) is 5.92. The van der Waals surface area contributed by atoms with Gasteiger partial charge in [-0.1, -0.05) is 31.4 Å². The van der Waals surface area contributed by atoms with Crippen molar-refractivity contribution in [3.05, 3.63) is 29.3 Å². The van der Waals surface area contributed by atoms with Gasteiger partial charge in [0.2, 0.25) is 0 Å². The zero-order valence-corrected chi connectivity index (χ0v) is 12.6. The molecule has 0 aromatic heterocycles. The smallest absolute Gasteiger partial charge is 0.124 e. The fourth-order valence-corrected chi connectivity index (χ4v) is 2.23. The van der Waals surface area contributed by atoms with E-state index in [9.17, 15) is 5.11 Å². The van der Waals surface area contributed by atoms with Crippen LogP contribution in [0, 0.1) is 6.92 Å². The van der Waals surface area contributed by atoms with Crippen LogP contribution in [0.5, 0.6) is 5.75 Å². The monoisotopic (exact) mass is 265 g/mol. The van der Waals surface area contributed by atoms with E-state index in [-0.39, 0.29) is 0 Å². The van der Waals surface area contributed by atoms with Crippen LogP contribution in [0.3, 0.4) is 0 Å². The molecule has 0 aliphatic heterocycles. The van der Waals surface area contributed by atoms with Crippen LogP contribution >= 0.6 is 0 Å². The number of hydrogen-bond acceptors (Lipinski definition) is 3. The van der Waals surface area contributed by atoms with Gasteiger partial charge in [0.25, 0.3) is 0 Å². The number of methoxy groups -OCH3 is 1. The number of likely N-dealkylation sites (N-methyl/N-ethyl adjacent to an activating group) is 1. The Kier molecular flexibility index (Phi) is 6.89. The Morgan fingerprint density at radius 1 is 1.32 bits per heavy atom. The van der Waals surface area contributed by atoms with Crippen molar-refractivity contribution < 1.29 is 9.84 Å². The third-order valence-corrected chi connectivity index (χ3v) is 3.37. The molecule has 0 aliphatic carbocycles. The van der Waals surface area contributed by atoms with Crippen molar-refractivity contribution in [2.45, 2.75) is 39.2 Å². The van der Waals surface area contributed by atoms with E-state index in [0.29, 0.717) is 6.54 Å². The molecule has 1 aromatic carbocycles. The van der Waals surface area contributed by atoms with Crippen molar-refractivity contribution in [2.24, 2.45) is 0 Å². The Labute approximate surface area is 117 Å². The number of unbranched alkanes of at least 4 members (excludes halogenated alkanes) is 2. The molecule has 0 radical (unpaired) electrons. The molecular weight excluding hydrogens is 238 g/mol. The molecule has 0 heterocycles. The summed E-state index contributed by atoms with van der Waals surface area (Å²) in [6.07, 6.45) is 3.16. The van der Waals surface area contributed by atoms with E-state index in [0.717, 1.165) is 23.4 Å². The molecule has 3 heteroatoms. The van der Waals surface area contributed by atoms with Gasteiger partial charge in [-0.2, -0.15) is 0 Å². The van der Waals surface area contributed by atoms with Gasteiger partial charge < -0.3 is 14.7 Å². The maximum atomic E-state index is 10.4. The van der Waals surface area contributed by atoms with Gasteiger partial charge in [-0.05, 0) is 39.1 Å². The summed E-state index contributed by atoms with van der Waals surface area (Å²) in [7, 11) is 3.70. The average molecular weight is 265 g/mol. The lowest BCUT2D eigenvalue weighted by Gasteiger charge is -2.22. The second kappa shape index (κ2) is 8.18. The number of ether oxygens (including phenoxy) is 1. The van der Waals surface area contributed by atoms with E-state index in [1.54, 1.807) is 7.11 Å². The second-order valence-electron chi connectivity index (χ2n) is 5.23. The Balaban J connectivity index is 2.61. The van der Waals surface area contributed by atoms with E-state index >= 15 is 0 Å². The molecule has 1 rings (SSSR count). The van der Waals surface area contributed by atoms with E-state index in [4.69, 9.17) is 4.74 Å². The van der Waals surface area contributed by atoms with Gasteiger partial charge in [-0.15, -0.1) is 0 Å². The number of aryl methyl sites for hydroxylation is 1. The second-order valence-corrected chi connectivity index (χ2v) is 5.23. The third-order valence-electron chi connectivity index (χ3n) is 3.37. The molecule has 0 saturated heterocycles. The lowest BCUT2D eigenvalue weighted by molar-refractivity contribution is 0.123. The van der Waals surface area contributed by atoms with Gasteiger partial charge >= 0.3 is 0 Å². The van der Waals surface area contributed by atoms with Crippen molar-refractivity contribution in [3.8, 4) is 5.75 Å². The van der Waals surface area contributed by atoms with Gasteiger partial charge in [0.05, 0.1) is 13.2 Å². The molecule has 0 saturated carbocycles. The van der Waals surface area contributed by atoms with Crippen molar-refractivity contribution in [3.63, 3.8) is 0 Å². The minimum absolute atomic E-state index is 0.499.